The van der Waals surface area contributed by atoms with E-state index in [1.165, 1.54) is 7.11 Å². The number of nitrogen functional groups attached to an aromatic ring is 1. The normalized spacial score (nSPS) is 10.5. The Kier molecular flexibility index (Phi) is 4.16. The molecule has 21 heavy (non-hydrogen) atoms. The van der Waals surface area contributed by atoms with Crippen LogP contribution in [0.2, 0.25) is 0 Å². The van der Waals surface area contributed by atoms with E-state index >= 15 is 0 Å². The van der Waals surface area contributed by atoms with Crippen LogP contribution in [0.3, 0.4) is 0 Å². The molecule has 6 nitrogen and oxygen atoms in total. The maximum Gasteiger partial charge on any atom is 0.256 e. The first-order valence-electron chi connectivity index (χ1n) is 6.55. The average Bonchev–Trinajstić information content (AvgIpc) is 2.78. The molecule has 2 N–H and O–H groups in total. The van der Waals surface area contributed by atoms with Crippen molar-refractivity contribution in [3.63, 3.8) is 0 Å². The molecule has 0 atom stereocenters. The fraction of sp³-hybridized carbons (Fsp3) is 0.333. The number of nitrogens with zero attached hydrogens (tertiary/aromatic N) is 2. The van der Waals surface area contributed by atoms with Gasteiger partial charge in [-0.05, 0) is 26.0 Å². The zero-order valence-corrected chi connectivity index (χ0v) is 12.6. The lowest BCUT2D eigenvalue weighted by Crippen LogP contribution is -2.27. The molecule has 0 unspecified atom stereocenters. The number of hydrogen-bond donors (Lipinski definition) is 1. The number of ether oxygens (including phenoxy) is 1. The molecule has 0 aliphatic rings. The highest BCUT2D eigenvalue weighted by molar-refractivity contribution is 6.00. The van der Waals surface area contributed by atoms with E-state index in [2.05, 4.69) is 5.16 Å². The van der Waals surface area contributed by atoms with Crippen molar-refractivity contribution in [3.8, 4) is 5.75 Å². The monoisotopic (exact) mass is 289 g/mol. The molecule has 0 aliphatic carbocycles. The Balaban J connectivity index is 2.24. The maximum absolute atomic E-state index is 12.5. The summed E-state index contributed by atoms with van der Waals surface area (Å²) in [5.74, 6) is 1.03. The smallest absolute Gasteiger partial charge is 0.256 e. The Bertz CT molecular complexity index is 645. The van der Waals surface area contributed by atoms with E-state index in [4.69, 9.17) is 15.0 Å². The Morgan fingerprint density at radius 3 is 2.71 bits per heavy atom. The van der Waals surface area contributed by atoms with Crippen molar-refractivity contribution in [2.75, 3.05) is 19.9 Å². The van der Waals surface area contributed by atoms with Gasteiger partial charge in [0.25, 0.3) is 5.91 Å². The van der Waals surface area contributed by atoms with E-state index in [9.17, 15) is 4.79 Å². The predicted octanol–water partition coefficient (Wildman–Crippen LogP) is 2.15. The molecule has 1 amide bonds. The molecule has 0 aliphatic heterocycles. The molecule has 2 rings (SSSR count). The number of benzene rings is 1. The van der Waals surface area contributed by atoms with Crippen molar-refractivity contribution in [1.29, 1.82) is 0 Å². The van der Waals surface area contributed by atoms with Gasteiger partial charge in [-0.1, -0.05) is 11.2 Å². The molecule has 1 aromatic carbocycles. The Hall–Kier alpha value is -2.50. The van der Waals surface area contributed by atoms with Crippen LogP contribution >= 0.6 is 0 Å². The summed E-state index contributed by atoms with van der Waals surface area (Å²) in [6, 6.07) is 5.15. The highest BCUT2D eigenvalue weighted by atomic mass is 16.5. The molecule has 1 heterocycles. The molecule has 0 spiro atoms. The largest absolute Gasteiger partial charge is 0.495 e. The SMILES string of the molecule is COc1cccc(C(=O)N(C)Cc2c(C)noc2C)c1N. The Morgan fingerprint density at radius 2 is 2.14 bits per heavy atom. The first-order valence-corrected chi connectivity index (χ1v) is 6.55. The van der Waals surface area contributed by atoms with Gasteiger partial charge < -0.3 is 19.9 Å². The fourth-order valence-corrected chi connectivity index (χ4v) is 2.15. The van der Waals surface area contributed by atoms with Crippen LogP contribution in [0.1, 0.15) is 27.4 Å². The number of para-hydroxylation sites is 1. The minimum absolute atomic E-state index is 0.175. The predicted molar refractivity (Wildman–Crippen MR) is 79.2 cm³/mol. The number of nitrogens with two attached hydrogens (primary N) is 1. The number of rotatable bonds is 4. The first-order chi connectivity index (χ1) is 9.95. The van der Waals surface area contributed by atoms with Crippen LogP contribution in [0.15, 0.2) is 22.7 Å². The van der Waals surface area contributed by atoms with Crippen molar-refractivity contribution in [2.24, 2.45) is 0 Å². The number of carbonyl (C=O) groups is 1. The second kappa shape index (κ2) is 5.87. The molecule has 0 saturated heterocycles. The molecular weight excluding hydrogens is 270 g/mol. The van der Waals surface area contributed by atoms with E-state index in [0.29, 0.717) is 29.3 Å². The van der Waals surface area contributed by atoms with Crippen LogP contribution in [-0.4, -0.2) is 30.1 Å². The molecule has 6 heteroatoms. The van der Waals surface area contributed by atoms with Crippen LogP contribution in [0, 0.1) is 13.8 Å². The van der Waals surface area contributed by atoms with Crippen LogP contribution < -0.4 is 10.5 Å². The molecule has 0 radical (unpaired) electrons. The van der Waals surface area contributed by atoms with Crippen LogP contribution in [-0.2, 0) is 6.54 Å². The minimum Gasteiger partial charge on any atom is -0.495 e. The van der Waals surface area contributed by atoms with E-state index in [0.717, 1.165) is 11.3 Å². The summed E-state index contributed by atoms with van der Waals surface area (Å²) >= 11 is 0. The summed E-state index contributed by atoms with van der Waals surface area (Å²) in [7, 11) is 3.24. The van der Waals surface area contributed by atoms with Gasteiger partial charge in [0.2, 0.25) is 0 Å². The number of methoxy groups -OCH3 is 1. The molecule has 0 saturated carbocycles. The third-order valence-corrected chi connectivity index (χ3v) is 3.44. The van der Waals surface area contributed by atoms with Gasteiger partial charge in [-0.2, -0.15) is 0 Å². The van der Waals surface area contributed by atoms with Gasteiger partial charge in [-0.25, -0.2) is 0 Å². The van der Waals surface area contributed by atoms with Crippen molar-refractivity contribution in [3.05, 3.63) is 40.8 Å². The fourth-order valence-electron chi connectivity index (χ4n) is 2.15. The Labute approximate surface area is 123 Å². The summed E-state index contributed by atoms with van der Waals surface area (Å²) in [5, 5.41) is 3.89. The zero-order valence-electron chi connectivity index (χ0n) is 12.6. The summed E-state index contributed by atoms with van der Waals surface area (Å²) in [4.78, 5) is 14.1. The van der Waals surface area contributed by atoms with Crippen molar-refractivity contribution in [2.45, 2.75) is 20.4 Å². The van der Waals surface area contributed by atoms with Gasteiger partial charge in [0.15, 0.2) is 0 Å². The number of carbonyl (C=O) groups excluding carboxylic acids is 1. The zero-order chi connectivity index (χ0) is 15.6. The highest BCUT2D eigenvalue weighted by Gasteiger charge is 2.19. The third kappa shape index (κ3) is 2.84. The number of hydrogen-bond acceptors (Lipinski definition) is 5. The molecular formula is C15H19N3O3. The summed E-state index contributed by atoms with van der Waals surface area (Å²) < 4.78 is 10.2. The van der Waals surface area contributed by atoms with E-state index < -0.39 is 0 Å². The number of aromatic nitrogens is 1. The van der Waals surface area contributed by atoms with Gasteiger partial charge >= 0.3 is 0 Å². The summed E-state index contributed by atoms with van der Waals surface area (Å²) in [6.07, 6.45) is 0. The van der Waals surface area contributed by atoms with Crippen molar-refractivity contribution < 1.29 is 14.1 Å². The van der Waals surface area contributed by atoms with Crippen LogP contribution in [0.5, 0.6) is 5.75 Å². The summed E-state index contributed by atoms with van der Waals surface area (Å²) in [6.45, 7) is 4.09. The Morgan fingerprint density at radius 1 is 1.43 bits per heavy atom. The molecule has 2 aromatic rings. The molecule has 1 aromatic heterocycles. The second-order valence-corrected chi connectivity index (χ2v) is 4.89. The molecule has 0 bridgehead atoms. The van der Waals surface area contributed by atoms with Gasteiger partial charge in [-0.15, -0.1) is 0 Å². The van der Waals surface area contributed by atoms with Crippen LogP contribution in [0.4, 0.5) is 5.69 Å². The third-order valence-electron chi connectivity index (χ3n) is 3.44. The van der Waals surface area contributed by atoms with Crippen molar-refractivity contribution in [1.82, 2.24) is 10.1 Å². The maximum atomic E-state index is 12.5. The van der Waals surface area contributed by atoms with Crippen LogP contribution in [0.25, 0.3) is 0 Å². The second-order valence-electron chi connectivity index (χ2n) is 4.89. The van der Waals surface area contributed by atoms with Gasteiger partial charge in [0.1, 0.15) is 11.5 Å². The number of aryl methyl sites for hydroxylation is 2. The lowest BCUT2D eigenvalue weighted by Gasteiger charge is -2.18. The van der Waals surface area contributed by atoms with Gasteiger partial charge in [-0.3, -0.25) is 4.79 Å². The van der Waals surface area contributed by atoms with Gasteiger partial charge in [0, 0.05) is 12.6 Å². The lowest BCUT2D eigenvalue weighted by atomic mass is 10.1. The van der Waals surface area contributed by atoms with E-state index in [1.54, 1.807) is 30.1 Å². The highest BCUT2D eigenvalue weighted by Crippen LogP contribution is 2.26. The number of anilines is 1. The average molecular weight is 289 g/mol. The van der Waals surface area contributed by atoms with Gasteiger partial charge in [0.05, 0.1) is 30.6 Å². The topological polar surface area (TPSA) is 81.6 Å². The quantitative estimate of drug-likeness (QED) is 0.872. The summed E-state index contributed by atoms with van der Waals surface area (Å²) in [5.41, 5.74) is 8.42. The lowest BCUT2D eigenvalue weighted by molar-refractivity contribution is 0.0785. The van der Waals surface area contributed by atoms with E-state index in [1.807, 2.05) is 13.8 Å². The minimum atomic E-state index is -0.175. The molecule has 0 fully saturated rings. The van der Waals surface area contributed by atoms with E-state index in [-0.39, 0.29) is 5.91 Å². The first kappa shape index (κ1) is 14.9. The number of amides is 1. The van der Waals surface area contributed by atoms with Crippen molar-refractivity contribution >= 4 is 11.6 Å². The molecule has 112 valence electrons. The standard InChI is InChI=1S/C15H19N3O3/c1-9-12(10(2)21-17-9)8-18(3)15(19)11-6-5-7-13(20-4)14(11)16/h5-7H,8,16H2,1-4H3.